The molecule has 3 atom stereocenters. The number of carbonyl (C=O) groups is 2. The van der Waals surface area contributed by atoms with Crippen molar-refractivity contribution < 1.29 is 28.9 Å². The zero-order valence-electron chi connectivity index (χ0n) is 26.8. The average molecular weight is 630 g/mol. The maximum Gasteiger partial charge on any atom is 0.220 e. The Balaban J connectivity index is 1.23. The number of rotatable bonds is 14. The fourth-order valence-corrected chi connectivity index (χ4v) is 5.97. The normalized spacial score (nSPS) is 20.3. The quantitative estimate of drug-likeness (QED) is 0.215. The Labute approximate surface area is 272 Å². The number of amides is 2. The van der Waals surface area contributed by atoms with E-state index in [1.165, 1.54) is 6.92 Å². The summed E-state index contributed by atoms with van der Waals surface area (Å²) < 4.78 is 18.8. The third kappa shape index (κ3) is 10.2. The predicted molar refractivity (Wildman–Crippen MR) is 177 cm³/mol. The van der Waals surface area contributed by atoms with Crippen LogP contribution < -0.4 is 10.6 Å². The molecule has 0 aromatic heterocycles. The number of aliphatic hydroxyl groups excluding tert-OH is 1. The molecule has 2 aliphatic rings. The molecule has 0 saturated carbocycles. The van der Waals surface area contributed by atoms with Crippen LogP contribution in [-0.2, 0) is 37.0 Å². The molecule has 46 heavy (non-hydrogen) atoms. The fourth-order valence-electron chi connectivity index (χ4n) is 5.97. The lowest BCUT2D eigenvalue weighted by atomic mass is 9.98. The second kappa shape index (κ2) is 17.4. The lowest BCUT2D eigenvalue weighted by molar-refractivity contribution is -0.253. The van der Waals surface area contributed by atoms with E-state index in [9.17, 15) is 14.7 Å². The first-order valence-corrected chi connectivity index (χ1v) is 16.5. The molecule has 2 aliphatic heterocycles. The van der Waals surface area contributed by atoms with E-state index in [-0.39, 0.29) is 30.6 Å². The van der Waals surface area contributed by atoms with Crippen LogP contribution in [0.3, 0.4) is 0 Å². The van der Waals surface area contributed by atoms with E-state index in [4.69, 9.17) is 14.2 Å². The molecule has 3 aromatic carbocycles. The highest BCUT2D eigenvalue weighted by molar-refractivity contribution is 5.76. The van der Waals surface area contributed by atoms with Gasteiger partial charge >= 0.3 is 0 Å². The summed E-state index contributed by atoms with van der Waals surface area (Å²) in [6, 6.07) is 24.5. The van der Waals surface area contributed by atoms with Gasteiger partial charge in [0.1, 0.15) is 0 Å². The lowest BCUT2D eigenvalue weighted by Crippen LogP contribution is -2.44. The highest BCUT2D eigenvalue weighted by Crippen LogP contribution is 2.39. The minimum absolute atomic E-state index is 0.00725. The zero-order chi connectivity index (χ0) is 32.1. The number of nitrogens with one attached hydrogen (secondary N) is 2. The van der Waals surface area contributed by atoms with Gasteiger partial charge in [-0.25, -0.2) is 0 Å². The molecule has 2 fully saturated rings. The van der Waals surface area contributed by atoms with Gasteiger partial charge in [0.15, 0.2) is 6.29 Å². The Morgan fingerprint density at radius 2 is 1.61 bits per heavy atom. The number of nitrogens with zero attached hydrogens (tertiary/aromatic N) is 1. The van der Waals surface area contributed by atoms with E-state index < -0.39 is 6.29 Å². The first kappa shape index (κ1) is 33.8. The van der Waals surface area contributed by atoms with Gasteiger partial charge in [-0.05, 0) is 52.8 Å². The van der Waals surface area contributed by atoms with Crippen molar-refractivity contribution in [2.45, 2.75) is 70.7 Å². The Kier molecular flexibility index (Phi) is 12.7. The summed E-state index contributed by atoms with van der Waals surface area (Å²) in [6.07, 6.45) is 3.13. The zero-order valence-corrected chi connectivity index (χ0v) is 26.8. The molecule has 3 aromatic rings. The van der Waals surface area contributed by atoms with Crippen molar-refractivity contribution >= 4 is 11.8 Å². The maximum atomic E-state index is 12.4. The van der Waals surface area contributed by atoms with Crippen LogP contribution in [0.1, 0.15) is 73.7 Å². The number of unbranched alkanes of at least 4 members (excludes halogenated alkanes) is 2. The van der Waals surface area contributed by atoms with Crippen molar-refractivity contribution in [3.63, 3.8) is 0 Å². The Hall–Kier alpha value is -3.60. The number of aliphatic hydroxyl groups is 1. The average Bonchev–Trinajstić information content (AvgIpc) is 3.09. The molecule has 2 amide bonds. The molecule has 5 rings (SSSR count). The van der Waals surface area contributed by atoms with Crippen molar-refractivity contribution in [3.8, 4) is 11.1 Å². The van der Waals surface area contributed by atoms with E-state index in [1.54, 1.807) is 0 Å². The SMILES string of the molecule is CC(=O)NCCCCCC(=O)NCc1cccc(-c2cccc(C3OC(CN4CCOCC4)CC(c4ccc(CO)cc4)O3)c2)c1. The molecule has 9 heteroatoms. The molecule has 9 nitrogen and oxygen atoms in total. The molecule has 0 aliphatic carbocycles. The first-order valence-electron chi connectivity index (χ1n) is 16.5. The van der Waals surface area contributed by atoms with E-state index in [0.717, 1.165) is 91.9 Å². The molecule has 2 saturated heterocycles. The molecular weight excluding hydrogens is 582 g/mol. The maximum absolute atomic E-state index is 12.4. The highest BCUT2D eigenvalue weighted by Gasteiger charge is 2.33. The van der Waals surface area contributed by atoms with Crippen LogP contribution in [0.5, 0.6) is 0 Å². The third-order valence-electron chi connectivity index (χ3n) is 8.54. The summed E-state index contributed by atoms with van der Waals surface area (Å²) in [5, 5.41) is 15.3. The number of ether oxygens (including phenoxy) is 3. The number of morpholine rings is 1. The van der Waals surface area contributed by atoms with Crippen LogP contribution in [-0.4, -0.2) is 67.3 Å². The van der Waals surface area contributed by atoms with Crippen LogP contribution >= 0.6 is 0 Å². The van der Waals surface area contributed by atoms with Crippen molar-refractivity contribution in [1.82, 2.24) is 15.5 Å². The summed E-state index contributed by atoms with van der Waals surface area (Å²) in [7, 11) is 0. The molecule has 3 N–H and O–H groups in total. The van der Waals surface area contributed by atoms with E-state index in [1.807, 2.05) is 42.5 Å². The van der Waals surface area contributed by atoms with Gasteiger partial charge in [0, 0.05) is 58.1 Å². The Morgan fingerprint density at radius 1 is 0.848 bits per heavy atom. The van der Waals surface area contributed by atoms with Gasteiger partial charge in [0.25, 0.3) is 0 Å². The van der Waals surface area contributed by atoms with Crippen molar-refractivity contribution in [2.24, 2.45) is 0 Å². The van der Waals surface area contributed by atoms with Gasteiger partial charge in [0.2, 0.25) is 11.8 Å². The number of carbonyl (C=O) groups excluding carboxylic acids is 2. The second-order valence-electron chi connectivity index (χ2n) is 12.2. The molecule has 0 spiro atoms. The Bertz CT molecular complexity index is 1410. The van der Waals surface area contributed by atoms with Crippen molar-refractivity contribution in [3.05, 3.63) is 95.1 Å². The van der Waals surface area contributed by atoms with Gasteiger partial charge < -0.3 is 30.0 Å². The molecule has 2 heterocycles. The fraction of sp³-hybridized carbons (Fsp3) is 0.459. The Morgan fingerprint density at radius 3 is 2.37 bits per heavy atom. The topological polar surface area (TPSA) is 109 Å². The van der Waals surface area contributed by atoms with Crippen LogP contribution in [0.15, 0.2) is 72.8 Å². The van der Waals surface area contributed by atoms with E-state index >= 15 is 0 Å². The van der Waals surface area contributed by atoms with Crippen LogP contribution in [0.2, 0.25) is 0 Å². The summed E-state index contributed by atoms with van der Waals surface area (Å²) in [4.78, 5) is 25.8. The standard InChI is InChI=1S/C37H47N3O6/c1-27(42)38-16-4-2-3-11-36(43)39-24-29-7-5-8-31(21-29)32-9-6-10-33(22-32)37-45-34(25-40-17-19-44-20-18-40)23-35(46-37)30-14-12-28(26-41)13-15-30/h5-10,12-15,21-22,34-35,37,41H,2-4,11,16-20,23-26H2,1H3,(H,38,42)(H,39,43). The minimum atomic E-state index is -0.525. The molecular formula is C37H47N3O6. The molecule has 0 bridgehead atoms. The summed E-state index contributed by atoms with van der Waals surface area (Å²) in [5.41, 5.74) is 6.05. The lowest BCUT2D eigenvalue weighted by Gasteiger charge is -2.39. The number of benzene rings is 3. The summed E-state index contributed by atoms with van der Waals surface area (Å²) in [5.74, 6) is 0.0105. The van der Waals surface area contributed by atoms with Gasteiger partial charge in [-0.2, -0.15) is 0 Å². The molecule has 246 valence electrons. The van der Waals surface area contributed by atoms with Crippen molar-refractivity contribution in [2.75, 3.05) is 39.4 Å². The number of hydrogen-bond acceptors (Lipinski definition) is 7. The van der Waals surface area contributed by atoms with Crippen molar-refractivity contribution in [1.29, 1.82) is 0 Å². The van der Waals surface area contributed by atoms with Gasteiger partial charge in [-0.3, -0.25) is 14.5 Å². The smallest absolute Gasteiger partial charge is 0.220 e. The van der Waals surface area contributed by atoms with E-state index in [0.29, 0.717) is 19.5 Å². The monoisotopic (exact) mass is 629 g/mol. The predicted octanol–water partition coefficient (Wildman–Crippen LogP) is 5.04. The third-order valence-corrected chi connectivity index (χ3v) is 8.54. The minimum Gasteiger partial charge on any atom is -0.392 e. The summed E-state index contributed by atoms with van der Waals surface area (Å²) >= 11 is 0. The summed E-state index contributed by atoms with van der Waals surface area (Å²) in [6.45, 7) is 6.73. The van der Waals surface area contributed by atoms with Gasteiger partial charge in [-0.1, -0.05) is 67.1 Å². The first-order chi connectivity index (χ1) is 22.5. The van der Waals surface area contributed by atoms with Gasteiger partial charge in [0.05, 0.1) is 32.0 Å². The second-order valence-corrected chi connectivity index (χ2v) is 12.2. The molecule has 3 unspecified atom stereocenters. The van der Waals surface area contributed by atoms with E-state index in [2.05, 4.69) is 45.9 Å². The van der Waals surface area contributed by atoms with Crippen LogP contribution in [0.25, 0.3) is 11.1 Å². The highest BCUT2D eigenvalue weighted by atomic mass is 16.7. The largest absolute Gasteiger partial charge is 0.392 e. The van der Waals surface area contributed by atoms with Crippen LogP contribution in [0, 0.1) is 0 Å². The van der Waals surface area contributed by atoms with Gasteiger partial charge in [-0.15, -0.1) is 0 Å². The molecule has 0 radical (unpaired) electrons. The number of hydrogen-bond donors (Lipinski definition) is 3. The van der Waals surface area contributed by atoms with Crippen LogP contribution in [0.4, 0.5) is 0 Å².